The Morgan fingerprint density at radius 1 is 0.385 bits per heavy atom. The summed E-state index contributed by atoms with van der Waals surface area (Å²) >= 11 is 0. The summed E-state index contributed by atoms with van der Waals surface area (Å²) in [7, 11) is 0. The van der Waals surface area contributed by atoms with Crippen LogP contribution in [0.25, 0.3) is 21.9 Å². The fourth-order valence-corrected chi connectivity index (χ4v) is 17.9. The van der Waals surface area contributed by atoms with Crippen molar-refractivity contribution in [3.63, 3.8) is 0 Å². The van der Waals surface area contributed by atoms with Crippen molar-refractivity contribution in [2.24, 2.45) is 0 Å². The first kappa shape index (κ1) is 48.9. The second-order valence-electron chi connectivity index (χ2n) is 30.0. The SMILES string of the molecule is CC1(C)CCC(C)(C)c2cc(N3c4cc5c(cc4B4c6cc7c(cc6N(c6cccc8oc9ccccc9c68)c6cc(N8c9ccccc9C9(C)CCCCC89C)cc3c64)C(C)(C)CC7(C)C)C(C)(C)CCC5(C)C)ccc21. The molecule has 396 valence electrons. The molecule has 0 N–H and O–H groups in total. The van der Waals surface area contributed by atoms with Crippen LogP contribution < -0.4 is 31.1 Å². The quantitative estimate of drug-likeness (QED) is 0.165. The predicted octanol–water partition coefficient (Wildman–Crippen LogP) is 18.1. The molecule has 0 spiro atoms. The summed E-state index contributed by atoms with van der Waals surface area (Å²) in [4.78, 5) is 8.36. The summed E-state index contributed by atoms with van der Waals surface area (Å²) < 4.78 is 6.84. The van der Waals surface area contributed by atoms with E-state index in [1.54, 1.807) is 0 Å². The molecule has 0 saturated heterocycles. The zero-order chi connectivity index (χ0) is 54.2. The van der Waals surface area contributed by atoms with Gasteiger partial charge in [-0.15, -0.1) is 0 Å². The normalized spacial score (nSPS) is 24.7. The van der Waals surface area contributed by atoms with Crippen molar-refractivity contribution in [3.8, 4) is 0 Å². The maximum Gasteiger partial charge on any atom is 0.252 e. The molecule has 2 unspecified atom stereocenters. The first-order valence-corrected chi connectivity index (χ1v) is 30.0. The van der Waals surface area contributed by atoms with E-state index in [1.165, 1.54) is 145 Å². The van der Waals surface area contributed by atoms with E-state index in [4.69, 9.17) is 4.42 Å². The number of hydrogen-bond donors (Lipinski definition) is 0. The Labute approximate surface area is 465 Å². The molecular weight excluding hydrogens is 946 g/mol. The molecule has 4 heterocycles. The van der Waals surface area contributed by atoms with Gasteiger partial charge in [0.25, 0.3) is 6.71 Å². The molecule has 4 aliphatic carbocycles. The van der Waals surface area contributed by atoms with E-state index >= 15 is 0 Å². The van der Waals surface area contributed by atoms with Crippen LogP contribution in [0.4, 0.5) is 45.5 Å². The molecule has 1 fully saturated rings. The molecule has 0 radical (unpaired) electrons. The molecule has 7 aromatic carbocycles. The number of para-hydroxylation sites is 2. The number of anilines is 8. The summed E-state index contributed by atoms with van der Waals surface area (Å²) in [5, 5.41) is 2.32. The Bertz CT molecular complexity index is 3940. The van der Waals surface area contributed by atoms with Gasteiger partial charge in [-0.25, -0.2) is 0 Å². The maximum absolute atomic E-state index is 6.84. The van der Waals surface area contributed by atoms with Crippen LogP contribution in [0.1, 0.15) is 194 Å². The van der Waals surface area contributed by atoms with Crippen LogP contribution in [-0.2, 0) is 37.9 Å². The van der Waals surface area contributed by atoms with Gasteiger partial charge in [-0.2, -0.15) is 0 Å². The molecular formula is C73H80BN3O. The Kier molecular flexibility index (Phi) is 9.64. The van der Waals surface area contributed by atoms with Crippen LogP contribution >= 0.6 is 0 Å². The molecule has 1 aromatic heterocycles. The van der Waals surface area contributed by atoms with E-state index in [2.05, 4.69) is 233 Å². The van der Waals surface area contributed by atoms with E-state index in [-0.39, 0.29) is 50.2 Å². The summed E-state index contributed by atoms with van der Waals surface area (Å²) in [5.74, 6) is 0. The highest BCUT2D eigenvalue weighted by Crippen LogP contribution is 2.63. The molecule has 8 aromatic rings. The fourth-order valence-electron chi connectivity index (χ4n) is 17.9. The fraction of sp³-hybridized carbons (Fsp3) is 0.425. The van der Waals surface area contributed by atoms with Crippen molar-refractivity contribution >= 4 is 90.5 Å². The highest BCUT2D eigenvalue weighted by Gasteiger charge is 2.58. The topological polar surface area (TPSA) is 22.9 Å². The van der Waals surface area contributed by atoms with Gasteiger partial charge < -0.3 is 19.1 Å². The van der Waals surface area contributed by atoms with Crippen molar-refractivity contribution in [1.29, 1.82) is 0 Å². The van der Waals surface area contributed by atoms with Gasteiger partial charge in [0.15, 0.2) is 0 Å². The van der Waals surface area contributed by atoms with E-state index in [0.29, 0.717) is 0 Å². The van der Waals surface area contributed by atoms with E-state index < -0.39 is 0 Å². The van der Waals surface area contributed by atoms with Crippen molar-refractivity contribution in [2.75, 3.05) is 14.7 Å². The predicted molar refractivity (Wildman–Crippen MR) is 332 cm³/mol. The van der Waals surface area contributed by atoms with Gasteiger partial charge in [-0.3, -0.25) is 0 Å². The monoisotopic (exact) mass is 1030 g/mol. The van der Waals surface area contributed by atoms with Gasteiger partial charge in [0, 0.05) is 50.6 Å². The lowest BCUT2D eigenvalue weighted by Crippen LogP contribution is -2.62. The van der Waals surface area contributed by atoms with Gasteiger partial charge >= 0.3 is 0 Å². The highest BCUT2D eigenvalue weighted by atomic mass is 16.3. The molecule has 1 saturated carbocycles. The van der Waals surface area contributed by atoms with Crippen LogP contribution in [-0.4, -0.2) is 12.3 Å². The van der Waals surface area contributed by atoms with E-state index in [1.807, 2.05) is 0 Å². The molecule has 7 aliphatic rings. The standard InChI is InChI=1S/C73H80BN3O/c1-66(2)32-33-67(3,4)49-36-44(28-29-47(49)66)75-58-41-52-50(68(5,6)34-35-69(52,7)8)39-54(58)74-55-40-51-53(71(11,12)43-70(51,9)10)42-59(55)76(57-25-21-27-63-64(57)46-22-15-18-26-62(46)78-63)61-38-45(37-60(75)65(61)74)77-56-24-17-16-23-48(56)72(13)30-19-20-31-73(72,77)14/h15-18,21-29,36-42H,19-20,30-35,43H2,1-14H3. The van der Waals surface area contributed by atoms with Crippen LogP contribution in [0, 0.1) is 0 Å². The van der Waals surface area contributed by atoms with Crippen molar-refractivity contribution < 1.29 is 4.42 Å². The molecule has 78 heavy (non-hydrogen) atoms. The Balaban J connectivity index is 1.13. The number of hydrogen-bond acceptors (Lipinski definition) is 4. The second-order valence-corrected chi connectivity index (χ2v) is 30.0. The van der Waals surface area contributed by atoms with Crippen LogP contribution in [0.5, 0.6) is 0 Å². The van der Waals surface area contributed by atoms with Crippen LogP contribution in [0.15, 0.2) is 126 Å². The minimum absolute atomic E-state index is 0.00672. The third kappa shape index (κ3) is 6.31. The van der Waals surface area contributed by atoms with Gasteiger partial charge in [0.2, 0.25) is 0 Å². The number of rotatable bonds is 3. The molecule has 2 atom stereocenters. The highest BCUT2D eigenvalue weighted by molar-refractivity contribution is 7.00. The minimum Gasteiger partial charge on any atom is -0.456 e. The van der Waals surface area contributed by atoms with Gasteiger partial charge in [-0.1, -0.05) is 164 Å². The van der Waals surface area contributed by atoms with Crippen molar-refractivity contribution in [2.45, 2.75) is 198 Å². The smallest absolute Gasteiger partial charge is 0.252 e. The van der Waals surface area contributed by atoms with Crippen LogP contribution in [0.2, 0.25) is 0 Å². The van der Waals surface area contributed by atoms with E-state index in [0.717, 1.165) is 35.8 Å². The molecule has 4 nitrogen and oxygen atoms in total. The van der Waals surface area contributed by atoms with Crippen LogP contribution in [0.3, 0.4) is 0 Å². The molecule has 5 heteroatoms. The second kappa shape index (κ2) is 15.4. The summed E-state index contributed by atoms with van der Waals surface area (Å²) in [6.45, 7) is 35.2. The molecule has 0 amide bonds. The average molecular weight is 1030 g/mol. The van der Waals surface area contributed by atoms with Gasteiger partial charge in [-0.05, 0) is 200 Å². The minimum atomic E-state index is -0.141. The van der Waals surface area contributed by atoms with Gasteiger partial charge in [0.1, 0.15) is 11.2 Å². The van der Waals surface area contributed by atoms with Gasteiger partial charge in [0.05, 0.1) is 16.6 Å². The zero-order valence-electron chi connectivity index (χ0n) is 49.2. The maximum atomic E-state index is 6.84. The largest absolute Gasteiger partial charge is 0.456 e. The van der Waals surface area contributed by atoms with Crippen molar-refractivity contribution in [3.05, 3.63) is 160 Å². The summed E-state index contributed by atoms with van der Waals surface area (Å²) in [5.41, 5.74) is 26.9. The lowest BCUT2D eigenvalue weighted by Gasteiger charge is -2.51. The van der Waals surface area contributed by atoms with Crippen molar-refractivity contribution in [1.82, 2.24) is 0 Å². The molecule has 15 rings (SSSR count). The number of nitrogens with zero attached hydrogens (tertiary/aromatic N) is 3. The Hall–Kier alpha value is -6.20. The Morgan fingerprint density at radius 3 is 1.60 bits per heavy atom. The molecule has 3 aliphatic heterocycles. The zero-order valence-corrected chi connectivity index (χ0v) is 49.2. The number of fused-ring (bicyclic) bond motifs is 13. The first-order valence-electron chi connectivity index (χ1n) is 30.0. The Morgan fingerprint density at radius 2 is 0.910 bits per heavy atom. The lowest BCUT2D eigenvalue weighted by molar-refractivity contribution is 0.195. The first-order chi connectivity index (χ1) is 36.9. The lowest BCUT2D eigenvalue weighted by atomic mass is 9.33. The summed E-state index contributed by atoms with van der Waals surface area (Å²) in [6.07, 6.45) is 10.6. The summed E-state index contributed by atoms with van der Waals surface area (Å²) in [6, 6.07) is 48.9. The van der Waals surface area contributed by atoms with E-state index in [9.17, 15) is 0 Å². The molecule has 0 bridgehead atoms. The number of furan rings is 1. The number of benzene rings is 7. The third-order valence-corrected chi connectivity index (χ3v) is 22.5. The average Bonchev–Trinajstić information content (AvgIpc) is 3.64. The third-order valence-electron chi connectivity index (χ3n) is 22.5.